The molecule has 0 bridgehead atoms. The van der Waals surface area contributed by atoms with E-state index in [9.17, 15) is 4.79 Å². The molecule has 0 aliphatic carbocycles. The highest BCUT2D eigenvalue weighted by molar-refractivity contribution is 5.93. The summed E-state index contributed by atoms with van der Waals surface area (Å²) in [6, 6.07) is 13.7. The van der Waals surface area contributed by atoms with Gasteiger partial charge in [0.25, 0.3) is 5.91 Å². The van der Waals surface area contributed by atoms with Crippen LogP contribution in [0, 0.1) is 5.92 Å². The fourth-order valence-corrected chi connectivity index (χ4v) is 3.54. The zero-order valence-electron chi connectivity index (χ0n) is 17.3. The first kappa shape index (κ1) is 19.8. The average molecular weight is 403 g/mol. The van der Waals surface area contributed by atoms with Crippen LogP contribution < -0.4 is 5.32 Å². The Bertz CT molecular complexity index is 1130. The van der Waals surface area contributed by atoms with E-state index in [0.717, 1.165) is 42.0 Å². The van der Waals surface area contributed by atoms with E-state index in [0.29, 0.717) is 18.2 Å². The highest BCUT2D eigenvalue weighted by atomic mass is 16.1. The van der Waals surface area contributed by atoms with Crippen molar-refractivity contribution in [3.8, 4) is 11.3 Å². The summed E-state index contributed by atoms with van der Waals surface area (Å²) >= 11 is 0. The molecule has 2 N–H and O–H groups in total. The molecule has 7 heteroatoms. The number of pyridine rings is 1. The molecule has 4 rings (SSSR count). The summed E-state index contributed by atoms with van der Waals surface area (Å²) in [5, 5.41) is 10.0. The molecule has 3 heterocycles. The van der Waals surface area contributed by atoms with Gasteiger partial charge in [0.15, 0.2) is 0 Å². The Kier molecular flexibility index (Phi) is 5.88. The molecule has 0 spiro atoms. The Hall–Kier alpha value is -3.48. The molecule has 0 saturated carbocycles. The lowest BCUT2D eigenvalue weighted by molar-refractivity contribution is 0.0948. The van der Waals surface area contributed by atoms with Gasteiger partial charge in [-0.3, -0.25) is 14.9 Å². The van der Waals surface area contributed by atoms with Crippen molar-refractivity contribution in [1.82, 2.24) is 30.0 Å². The summed E-state index contributed by atoms with van der Waals surface area (Å²) < 4.78 is 2.30. The normalized spacial score (nSPS) is 11.3. The van der Waals surface area contributed by atoms with Crippen molar-refractivity contribution in [2.24, 2.45) is 5.92 Å². The van der Waals surface area contributed by atoms with Crippen molar-refractivity contribution in [2.45, 2.75) is 33.2 Å². The Balaban J connectivity index is 1.35. The summed E-state index contributed by atoms with van der Waals surface area (Å²) in [6.45, 7) is 5.94. The van der Waals surface area contributed by atoms with E-state index in [1.54, 1.807) is 18.5 Å². The summed E-state index contributed by atoms with van der Waals surface area (Å²) in [4.78, 5) is 21.2. The van der Waals surface area contributed by atoms with Crippen molar-refractivity contribution < 1.29 is 4.79 Å². The largest absolute Gasteiger partial charge is 0.351 e. The van der Waals surface area contributed by atoms with Gasteiger partial charge in [-0.05, 0) is 42.7 Å². The minimum Gasteiger partial charge on any atom is -0.351 e. The van der Waals surface area contributed by atoms with Crippen molar-refractivity contribution >= 4 is 16.9 Å². The number of hydrogen-bond acceptors (Lipinski definition) is 4. The van der Waals surface area contributed by atoms with E-state index >= 15 is 0 Å². The van der Waals surface area contributed by atoms with Crippen LogP contribution in [0.3, 0.4) is 0 Å². The van der Waals surface area contributed by atoms with Gasteiger partial charge < -0.3 is 9.88 Å². The maximum Gasteiger partial charge on any atom is 0.269 e. The molecule has 0 radical (unpaired) electrons. The number of aromatic amines is 1. The minimum absolute atomic E-state index is 0.154. The van der Waals surface area contributed by atoms with Gasteiger partial charge in [0.2, 0.25) is 0 Å². The predicted molar refractivity (Wildman–Crippen MR) is 117 cm³/mol. The van der Waals surface area contributed by atoms with Gasteiger partial charge in [-0.2, -0.15) is 5.10 Å². The molecule has 30 heavy (non-hydrogen) atoms. The number of amides is 1. The van der Waals surface area contributed by atoms with Gasteiger partial charge in [0.1, 0.15) is 11.5 Å². The molecule has 0 aliphatic heterocycles. The highest BCUT2D eigenvalue weighted by Crippen LogP contribution is 2.19. The average Bonchev–Trinajstić information content (AvgIpc) is 3.37. The zero-order chi connectivity index (χ0) is 20.9. The number of benzene rings is 1. The number of nitrogens with one attached hydrogen (secondary N) is 2. The van der Waals surface area contributed by atoms with E-state index in [4.69, 9.17) is 4.98 Å². The quantitative estimate of drug-likeness (QED) is 0.438. The molecule has 154 valence electrons. The fourth-order valence-electron chi connectivity index (χ4n) is 3.54. The van der Waals surface area contributed by atoms with Crippen molar-refractivity contribution in [1.29, 1.82) is 0 Å². The summed E-state index contributed by atoms with van der Waals surface area (Å²) in [7, 11) is 0. The summed E-state index contributed by atoms with van der Waals surface area (Å²) in [5.41, 5.74) is 4.30. The van der Waals surface area contributed by atoms with Crippen LogP contribution in [0.5, 0.6) is 0 Å². The number of fused-ring (bicyclic) bond motifs is 1. The number of rotatable bonds is 8. The van der Waals surface area contributed by atoms with Gasteiger partial charge in [-0.1, -0.05) is 26.0 Å². The maximum atomic E-state index is 12.4. The molecule has 1 aromatic carbocycles. The number of aryl methyl sites for hydroxylation is 1. The molecule has 0 aliphatic rings. The highest BCUT2D eigenvalue weighted by Gasteiger charge is 2.13. The van der Waals surface area contributed by atoms with Crippen LogP contribution in [-0.4, -0.2) is 37.2 Å². The van der Waals surface area contributed by atoms with Gasteiger partial charge in [-0.15, -0.1) is 0 Å². The maximum absolute atomic E-state index is 12.4. The van der Waals surface area contributed by atoms with E-state index in [2.05, 4.69) is 57.1 Å². The molecule has 1 amide bonds. The van der Waals surface area contributed by atoms with Crippen LogP contribution in [0.25, 0.3) is 22.3 Å². The smallest absolute Gasteiger partial charge is 0.269 e. The van der Waals surface area contributed by atoms with E-state index < -0.39 is 0 Å². The molecule has 0 unspecified atom stereocenters. The molecule has 0 atom stereocenters. The standard InChI is InChI=1S/C23H26N6O/c1-16(2)15-29-21-7-4-3-6-18(21)26-22(29)8-5-11-25-23(30)20-14-19(27-28-20)17-9-12-24-13-10-17/h3-4,6-7,9-10,12-14,16H,5,8,11,15H2,1-2H3,(H,25,30)(H,27,28). The van der Waals surface area contributed by atoms with Crippen LogP contribution in [0.15, 0.2) is 54.9 Å². The Morgan fingerprint density at radius 3 is 2.77 bits per heavy atom. The summed E-state index contributed by atoms with van der Waals surface area (Å²) in [5.74, 6) is 1.45. The Labute approximate surface area is 175 Å². The van der Waals surface area contributed by atoms with Crippen molar-refractivity contribution in [3.05, 3.63) is 66.4 Å². The number of aromatic nitrogens is 5. The third kappa shape index (κ3) is 4.40. The number of imidazole rings is 1. The number of carbonyl (C=O) groups is 1. The lowest BCUT2D eigenvalue weighted by Gasteiger charge is -2.12. The van der Waals surface area contributed by atoms with Crippen LogP contribution in [0.1, 0.15) is 36.6 Å². The predicted octanol–water partition coefficient (Wildman–Crippen LogP) is 3.84. The number of nitrogens with zero attached hydrogens (tertiary/aromatic N) is 4. The van der Waals surface area contributed by atoms with Gasteiger partial charge in [0, 0.05) is 37.5 Å². The topological polar surface area (TPSA) is 88.5 Å². The molecule has 3 aromatic heterocycles. The van der Waals surface area contributed by atoms with Crippen LogP contribution >= 0.6 is 0 Å². The van der Waals surface area contributed by atoms with Crippen LogP contribution in [0.4, 0.5) is 0 Å². The van der Waals surface area contributed by atoms with Crippen LogP contribution in [0.2, 0.25) is 0 Å². The third-order valence-corrected chi connectivity index (χ3v) is 4.94. The van der Waals surface area contributed by atoms with E-state index in [1.165, 1.54) is 5.52 Å². The number of hydrogen-bond donors (Lipinski definition) is 2. The van der Waals surface area contributed by atoms with Gasteiger partial charge in [-0.25, -0.2) is 4.98 Å². The van der Waals surface area contributed by atoms with E-state index in [-0.39, 0.29) is 5.91 Å². The van der Waals surface area contributed by atoms with Gasteiger partial charge >= 0.3 is 0 Å². The minimum atomic E-state index is -0.154. The van der Waals surface area contributed by atoms with Gasteiger partial charge in [0.05, 0.1) is 16.7 Å². The Morgan fingerprint density at radius 1 is 1.17 bits per heavy atom. The zero-order valence-corrected chi connectivity index (χ0v) is 17.3. The molecular formula is C23H26N6O. The van der Waals surface area contributed by atoms with Crippen molar-refractivity contribution in [2.75, 3.05) is 6.54 Å². The summed E-state index contributed by atoms with van der Waals surface area (Å²) in [6.07, 6.45) is 5.04. The number of carbonyl (C=O) groups excluding carboxylic acids is 1. The Morgan fingerprint density at radius 2 is 1.97 bits per heavy atom. The second-order valence-electron chi connectivity index (χ2n) is 7.78. The molecule has 0 saturated heterocycles. The first-order valence-electron chi connectivity index (χ1n) is 10.3. The number of para-hydroxylation sites is 2. The van der Waals surface area contributed by atoms with Crippen molar-refractivity contribution in [3.63, 3.8) is 0 Å². The third-order valence-electron chi connectivity index (χ3n) is 4.94. The molecule has 4 aromatic rings. The molecular weight excluding hydrogens is 376 g/mol. The van der Waals surface area contributed by atoms with E-state index in [1.807, 2.05) is 18.2 Å². The molecule has 7 nitrogen and oxygen atoms in total. The molecule has 0 fully saturated rings. The lowest BCUT2D eigenvalue weighted by Crippen LogP contribution is -2.25. The monoisotopic (exact) mass is 402 g/mol. The fraction of sp³-hybridized carbons (Fsp3) is 0.304. The second kappa shape index (κ2) is 8.90. The first-order valence-corrected chi connectivity index (χ1v) is 10.3. The second-order valence-corrected chi connectivity index (χ2v) is 7.78. The first-order chi connectivity index (χ1) is 14.6. The van der Waals surface area contributed by atoms with Crippen LogP contribution in [-0.2, 0) is 13.0 Å². The lowest BCUT2D eigenvalue weighted by atomic mass is 10.2. The number of H-pyrrole nitrogens is 1. The SMILES string of the molecule is CC(C)Cn1c(CCCNC(=O)c2cc(-c3ccncc3)n[nH]2)nc2ccccc21.